The first-order valence-corrected chi connectivity index (χ1v) is 9.45. The first kappa shape index (κ1) is 20.4. The lowest BCUT2D eigenvalue weighted by molar-refractivity contribution is -0.141. The predicted octanol–water partition coefficient (Wildman–Crippen LogP) is 2.30. The van der Waals surface area contributed by atoms with Crippen LogP contribution in [0.1, 0.15) is 24.2 Å². The first-order chi connectivity index (χ1) is 11.9. The van der Waals surface area contributed by atoms with Gasteiger partial charge in [0.05, 0.1) is 16.6 Å². The number of alkyl halides is 3. The molecule has 1 aromatic rings. The van der Waals surface area contributed by atoms with Crippen LogP contribution in [0.5, 0.6) is 0 Å². The zero-order valence-electron chi connectivity index (χ0n) is 14.7. The summed E-state index contributed by atoms with van der Waals surface area (Å²) in [7, 11) is -0.623. The maximum atomic E-state index is 12.7. The Hall–Kier alpha value is -1.88. The Balaban J connectivity index is 2.10. The van der Waals surface area contributed by atoms with Crippen molar-refractivity contribution < 1.29 is 26.4 Å². The summed E-state index contributed by atoms with van der Waals surface area (Å²) in [6, 6.07) is 1.37. The van der Waals surface area contributed by atoms with Crippen LogP contribution in [-0.4, -0.2) is 61.1 Å². The fourth-order valence-electron chi connectivity index (χ4n) is 2.71. The van der Waals surface area contributed by atoms with Gasteiger partial charge >= 0.3 is 12.2 Å². The minimum Gasteiger partial charge on any atom is -0.323 e. The van der Waals surface area contributed by atoms with Gasteiger partial charge in [-0.05, 0) is 31.9 Å². The van der Waals surface area contributed by atoms with E-state index in [2.05, 4.69) is 10.3 Å². The molecule has 7 nitrogen and oxygen atoms in total. The third-order valence-electron chi connectivity index (χ3n) is 4.21. The van der Waals surface area contributed by atoms with Crippen molar-refractivity contribution in [3.8, 4) is 0 Å². The number of anilines is 1. The van der Waals surface area contributed by atoms with Crippen molar-refractivity contribution >= 4 is 21.7 Å². The Bertz CT molecular complexity index is 781. The van der Waals surface area contributed by atoms with E-state index in [1.54, 1.807) is 0 Å². The quantitative estimate of drug-likeness (QED) is 0.853. The van der Waals surface area contributed by atoms with Crippen LogP contribution in [0.15, 0.2) is 12.1 Å². The summed E-state index contributed by atoms with van der Waals surface area (Å²) >= 11 is 0. The molecule has 0 bridgehead atoms. The number of sulfonamides is 1. The molecule has 0 spiro atoms. The van der Waals surface area contributed by atoms with Gasteiger partial charge in [0.15, 0.2) is 0 Å². The number of amides is 2. The Morgan fingerprint density at radius 3 is 2.54 bits per heavy atom. The fraction of sp³-hybridized carbons (Fsp3) is 0.600. The SMILES string of the molecule is Cc1nc(C(F)(F)F)ccc1NC(=O)N1CCCC(S(=O)(=O)N(C)C)C1. The molecule has 1 N–H and O–H groups in total. The molecule has 1 saturated heterocycles. The van der Waals surface area contributed by atoms with E-state index in [1.807, 2.05) is 0 Å². The van der Waals surface area contributed by atoms with Gasteiger partial charge in [-0.2, -0.15) is 13.2 Å². The van der Waals surface area contributed by atoms with E-state index in [4.69, 9.17) is 0 Å². The molecule has 0 aliphatic carbocycles. The van der Waals surface area contributed by atoms with Gasteiger partial charge in [-0.25, -0.2) is 22.5 Å². The topological polar surface area (TPSA) is 82.6 Å². The molecule has 1 fully saturated rings. The number of urea groups is 1. The fourth-order valence-corrected chi connectivity index (χ4v) is 4.14. The summed E-state index contributed by atoms with van der Waals surface area (Å²) in [5.41, 5.74) is -0.855. The van der Waals surface area contributed by atoms with Gasteiger partial charge in [0.2, 0.25) is 10.0 Å². The van der Waals surface area contributed by atoms with Crippen LogP contribution in [0, 0.1) is 6.92 Å². The minimum absolute atomic E-state index is 0.0272. The number of aryl methyl sites for hydroxylation is 1. The predicted molar refractivity (Wildman–Crippen MR) is 90.2 cm³/mol. The number of nitrogens with one attached hydrogen (secondary N) is 1. The average Bonchev–Trinajstić information content (AvgIpc) is 2.55. The number of carbonyl (C=O) groups excluding carboxylic acids is 1. The zero-order valence-corrected chi connectivity index (χ0v) is 15.5. The Morgan fingerprint density at radius 1 is 1.35 bits per heavy atom. The number of rotatable bonds is 3. The second-order valence-corrected chi connectivity index (χ2v) is 8.72. The lowest BCUT2D eigenvalue weighted by Gasteiger charge is -2.33. The van der Waals surface area contributed by atoms with Crippen molar-refractivity contribution in [3.63, 3.8) is 0 Å². The van der Waals surface area contributed by atoms with Crippen LogP contribution in [0.2, 0.25) is 0 Å². The van der Waals surface area contributed by atoms with Crippen molar-refractivity contribution in [3.05, 3.63) is 23.5 Å². The van der Waals surface area contributed by atoms with Crippen molar-refractivity contribution in [1.29, 1.82) is 0 Å². The number of hydrogen-bond donors (Lipinski definition) is 1. The van der Waals surface area contributed by atoms with Gasteiger partial charge in [0, 0.05) is 27.2 Å². The van der Waals surface area contributed by atoms with E-state index in [0.29, 0.717) is 19.4 Å². The summed E-state index contributed by atoms with van der Waals surface area (Å²) < 4.78 is 63.6. The van der Waals surface area contributed by atoms with Crippen molar-refractivity contribution in [2.45, 2.75) is 31.2 Å². The van der Waals surface area contributed by atoms with E-state index < -0.39 is 33.2 Å². The molecule has 1 aliphatic rings. The number of nitrogens with zero attached hydrogens (tertiary/aromatic N) is 3. The van der Waals surface area contributed by atoms with Crippen molar-refractivity contribution in [2.75, 3.05) is 32.5 Å². The highest BCUT2D eigenvalue weighted by atomic mass is 32.2. The largest absolute Gasteiger partial charge is 0.433 e. The molecule has 26 heavy (non-hydrogen) atoms. The maximum absolute atomic E-state index is 12.7. The second kappa shape index (κ2) is 7.39. The molecule has 2 amide bonds. The Morgan fingerprint density at radius 2 is 2.00 bits per heavy atom. The van der Waals surface area contributed by atoms with Crippen LogP contribution in [0.25, 0.3) is 0 Å². The van der Waals surface area contributed by atoms with Crippen molar-refractivity contribution in [2.24, 2.45) is 0 Å². The molecular weight excluding hydrogens is 373 g/mol. The van der Waals surface area contributed by atoms with Gasteiger partial charge in [-0.15, -0.1) is 0 Å². The second-order valence-electron chi connectivity index (χ2n) is 6.29. The number of pyridine rings is 1. The van der Waals surface area contributed by atoms with E-state index >= 15 is 0 Å². The molecule has 2 heterocycles. The molecule has 1 aliphatic heterocycles. The van der Waals surface area contributed by atoms with E-state index in [9.17, 15) is 26.4 Å². The molecule has 0 saturated carbocycles. The maximum Gasteiger partial charge on any atom is 0.433 e. The van der Waals surface area contributed by atoms with Gasteiger partial charge in [0.25, 0.3) is 0 Å². The number of likely N-dealkylation sites (tertiary alicyclic amines) is 1. The lowest BCUT2D eigenvalue weighted by Crippen LogP contribution is -2.49. The van der Waals surface area contributed by atoms with Gasteiger partial charge < -0.3 is 10.2 Å². The molecule has 2 rings (SSSR count). The van der Waals surface area contributed by atoms with Crippen LogP contribution < -0.4 is 5.32 Å². The smallest absolute Gasteiger partial charge is 0.323 e. The molecule has 146 valence electrons. The number of aromatic nitrogens is 1. The molecule has 0 radical (unpaired) electrons. The molecule has 1 unspecified atom stereocenters. The van der Waals surface area contributed by atoms with E-state index in [0.717, 1.165) is 16.4 Å². The van der Waals surface area contributed by atoms with Crippen LogP contribution in [-0.2, 0) is 16.2 Å². The normalized spacial score (nSPS) is 18.9. The third-order valence-corrected chi connectivity index (χ3v) is 6.46. The Labute approximate surface area is 150 Å². The summed E-state index contributed by atoms with van der Waals surface area (Å²) in [4.78, 5) is 17.2. The summed E-state index contributed by atoms with van der Waals surface area (Å²) in [6.45, 7) is 1.76. The van der Waals surface area contributed by atoms with E-state index in [1.165, 1.54) is 25.9 Å². The highest BCUT2D eigenvalue weighted by Crippen LogP contribution is 2.29. The molecule has 11 heteroatoms. The molecular formula is C15H21F3N4O3S. The molecule has 1 atom stereocenters. The van der Waals surface area contributed by atoms with Gasteiger partial charge in [0.1, 0.15) is 5.69 Å². The lowest BCUT2D eigenvalue weighted by atomic mass is 10.1. The van der Waals surface area contributed by atoms with Gasteiger partial charge in [-0.1, -0.05) is 0 Å². The first-order valence-electron chi connectivity index (χ1n) is 7.95. The standard InChI is InChI=1S/C15H21F3N4O3S/c1-10-12(6-7-13(19-10)15(16,17)18)20-14(23)22-8-4-5-11(9-22)26(24,25)21(2)3/h6-7,11H,4-5,8-9H2,1-3H3,(H,20,23). The number of hydrogen-bond acceptors (Lipinski definition) is 4. The molecule has 1 aromatic heterocycles. The summed E-state index contributed by atoms with van der Waals surface area (Å²) in [5, 5.41) is 1.80. The van der Waals surface area contributed by atoms with Crippen LogP contribution in [0.4, 0.5) is 23.7 Å². The van der Waals surface area contributed by atoms with Crippen LogP contribution >= 0.6 is 0 Å². The zero-order chi connectivity index (χ0) is 19.7. The van der Waals surface area contributed by atoms with Gasteiger partial charge in [-0.3, -0.25) is 0 Å². The number of halogens is 3. The average molecular weight is 394 g/mol. The highest BCUT2D eigenvalue weighted by Gasteiger charge is 2.35. The molecule has 0 aromatic carbocycles. The number of carbonyl (C=O) groups is 1. The monoisotopic (exact) mass is 394 g/mol. The van der Waals surface area contributed by atoms with E-state index in [-0.39, 0.29) is 17.9 Å². The number of piperidine rings is 1. The minimum atomic E-state index is -4.56. The van der Waals surface area contributed by atoms with Crippen LogP contribution in [0.3, 0.4) is 0 Å². The summed E-state index contributed by atoms with van der Waals surface area (Å²) in [6.07, 6.45) is -3.59. The summed E-state index contributed by atoms with van der Waals surface area (Å²) in [5.74, 6) is 0. The van der Waals surface area contributed by atoms with Crippen molar-refractivity contribution in [1.82, 2.24) is 14.2 Å². The third kappa shape index (κ3) is 4.44. The Kier molecular flexibility index (Phi) is 5.81. The highest BCUT2D eigenvalue weighted by molar-refractivity contribution is 7.89.